The van der Waals surface area contributed by atoms with Gasteiger partial charge in [-0.05, 0) is 50.3 Å². The number of amides is 1. The fraction of sp³-hybridized carbons (Fsp3) is 0.588. The molecule has 0 bridgehead atoms. The smallest absolute Gasteiger partial charge is 0.239 e. The minimum atomic E-state index is -3.51. The van der Waals surface area contributed by atoms with Gasteiger partial charge in [-0.15, -0.1) is 0 Å². The van der Waals surface area contributed by atoms with Gasteiger partial charge in [0, 0.05) is 18.5 Å². The predicted molar refractivity (Wildman–Crippen MR) is 89.7 cm³/mol. The molecular formula is C17H24N2O3S. The van der Waals surface area contributed by atoms with Crippen LogP contribution < -0.4 is 4.72 Å². The van der Waals surface area contributed by atoms with Crippen molar-refractivity contribution >= 4 is 15.9 Å². The van der Waals surface area contributed by atoms with Gasteiger partial charge in [-0.25, -0.2) is 13.1 Å². The van der Waals surface area contributed by atoms with E-state index in [0.29, 0.717) is 12.5 Å². The minimum Gasteiger partial charge on any atom is -0.338 e. The Morgan fingerprint density at radius 1 is 1.26 bits per heavy atom. The molecule has 1 heterocycles. The van der Waals surface area contributed by atoms with E-state index in [9.17, 15) is 13.2 Å². The first-order valence-corrected chi connectivity index (χ1v) is 9.95. The Morgan fingerprint density at radius 3 is 2.83 bits per heavy atom. The van der Waals surface area contributed by atoms with Gasteiger partial charge in [0.15, 0.2) is 0 Å². The minimum absolute atomic E-state index is 0.135. The molecule has 1 fully saturated rings. The first-order chi connectivity index (χ1) is 11.0. The predicted octanol–water partition coefficient (Wildman–Crippen LogP) is 1.65. The molecule has 2 atom stereocenters. The van der Waals surface area contributed by atoms with E-state index >= 15 is 0 Å². The van der Waals surface area contributed by atoms with Crippen molar-refractivity contribution in [2.24, 2.45) is 0 Å². The van der Waals surface area contributed by atoms with E-state index in [1.807, 2.05) is 4.90 Å². The molecule has 23 heavy (non-hydrogen) atoms. The molecule has 126 valence electrons. The molecule has 0 aromatic heterocycles. The van der Waals surface area contributed by atoms with Gasteiger partial charge in [-0.2, -0.15) is 0 Å². The summed E-state index contributed by atoms with van der Waals surface area (Å²) in [5.41, 5.74) is 2.73. The fourth-order valence-corrected chi connectivity index (χ4v) is 4.66. The van der Waals surface area contributed by atoms with Crippen LogP contribution in [-0.2, 0) is 21.2 Å². The molecule has 1 amide bonds. The zero-order chi connectivity index (χ0) is 16.4. The van der Waals surface area contributed by atoms with E-state index < -0.39 is 15.8 Å². The van der Waals surface area contributed by atoms with Crippen LogP contribution in [0.4, 0.5) is 0 Å². The molecule has 0 spiro atoms. The zero-order valence-electron chi connectivity index (χ0n) is 13.5. The molecule has 6 heteroatoms. The van der Waals surface area contributed by atoms with Crippen LogP contribution >= 0.6 is 0 Å². The highest BCUT2D eigenvalue weighted by Crippen LogP contribution is 2.39. The number of likely N-dealkylation sites (tertiary alicyclic amines) is 1. The van der Waals surface area contributed by atoms with Crippen LogP contribution in [-0.4, -0.2) is 44.6 Å². The highest BCUT2D eigenvalue weighted by Gasteiger charge is 2.38. The third kappa shape index (κ3) is 3.43. The van der Waals surface area contributed by atoms with Crippen LogP contribution in [0.3, 0.4) is 0 Å². The highest BCUT2D eigenvalue weighted by atomic mass is 32.2. The largest absolute Gasteiger partial charge is 0.338 e. The number of aryl methyl sites for hydroxylation is 1. The Labute approximate surface area is 138 Å². The third-order valence-corrected chi connectivity index (χ3v) is 6.37. The Morgan fingerprint density at radius 2 is 2.04 bits per heavy atom. The van der Waals surface area contributed by atoms with Gasteiger partial charge in [-0.1, -0.05) is 24.3 Å². The molecule has 1 saturated heterocycles. The van der Waals surface area contributed by atoms with E-state index in [0.717, 1.165) is 32.1 Å². The van der Waals surface area contributed by atoms with Crippen molar-refractivity contribution in [3.05, 3.63) is 35.4 Å². The average molecular weight is 336 g/mol. The lowest BCUT2D eigenvalue weighted by Gasteiger charge is -2.35. The number of rotatable bonds is 4. The molecule has 1 aromatic rings. The van der Waals surface area contributed by atoms with Crippen molar-refractivity contribution in [1.29, 1.82) is 0 Å². The van der Waals surface area contributed by atoms with Gasteiger partial charge in [0.05, 0.1) is 0 Å². The number of hydrogen-bond donors (Lipinski definition) is 1. The van der Waals surface area contributed by atoms with Crippen molar-refractivity contribution in [3.8, 4) is 0 Å². The maximum atomic E-state index is 12.5. The van der Waals surface area contributed by atoms with E-state index in [-0.39, 0.29) is 11.9 Å². The van der Waals surface area contributed by atoms with Gasteiger partial charge in [0.2, 0.25) is 15.9 Å². The summed E-state index contributed by atoms with van der Waals surface area (Å²) in [6, 6.07) is 8.61. The Kier molecular flexibility index (Phi) is 4.73. The van der Waals surface area contributed by atoms with Crippen LogP contribution in [0.25, 0.3) is 0 Å². The Bertz CT molecular complexity index is 687. The van der Waals surface area contributed by atoms with Crippen molar-refractivity contribution in [2.75, 3.05) is 19.3 Å². The number of benzene rings is 1. The normalized spacial score (nSPS) is 24.5. The highest BCUT2D eigenvalue weighted by molar-refractivity contribution is 7.90. The fourth-order valence-electron chi connectivity index (χ4n) is 4.03. The van der Waals surface area contributed by atoms with Gasteiger partial charge < -0.3 is 4.90 Å². The summed E-state index contributed by atoms with van der Waals surface area (Å²) in [6.45, 7) is 0.668. The molecule has 1 aliphatic carbocycles. The maximum absolute atomic E-state index is 12.5. The van der Waals surface area contributed by atoms with Crippen LogP contribution in [0.15, 0.2) is 24.3 Å². The summed E-state index contributed by atoms with van der Waals surface area (Å²) in [6.07, 6.45) is 5.22. The number of nitrogens with zero attached hydrogens (tertiary/aromatic N) is 1. The van der Waals surface area contributed by atoms with Crippen molar-refractivity contribution in [1.82, 2.24) is 9.62 Å². The molecule has 1 N–H and O–H groups in total. The van der Waals surface area contributed by atoms with Crippen LogP contribution in [0, 0.1) is 0 Å². The van der Waals surface area contributed by atoms with Crippen molar-refractivity contribution < 1.29 is 13.2 Å². The second-order valence-electron chi connectivity index (χ2n) is 6.46. The van der Waals surface area contributed by atoms with Crippen LogP contribution in [0.1, 0.15) is 42.7 Å². The number of nitrogens with one attached hydrogen (secondary N) is 1. The Balaban J connectivity index is 1.81. The molecule has 1 aliphatic heterocycles. The van der Waals surface area contributed by atoms with E-state index in [2.05, 4.69) is 29.0 Å². The van der Waals surface area contributed by atoms with Crippen LogP contribution in [0.5, 0.6) is 0 Å². The van der Waals surface area contributed by atoms with Gasteiger partial charge >= 0.3 is 0 Å². The summed E-state index contributed by atoms with van der Waals surface area (Å²) in [5, 5.41) is 0. The summed E-state index contributed by atoms with van der Waals surface area (Å²) in [5.74, 6) is -0.387. The second-order valence-corrected chi connectivity index (χ2v) is 8.38. The quantitative estimate of drug-likeness (QED) is 0.909. The SMILES string of the molecule is CNS(=O)(=O)CC(=O)N1CCCC1C1CCCc2ccccc21. The molecule has 2 unspecified atom stereocenters. The standard InChI is InChI=1S/C17H24N2O3S/c1-18-23(21,22)12-17(20)19-11-5-10-16(19)15-9-4-7-13-6-2-3-8-14(13)15/h2-3,6,8,15-16,18H,4-5,7,9-12H2,1H3. The van der Waals surface area contributed by atoms with Crippen molar-refractivity contribution in [2.45, 2.75) is 44.1 Å². The molecule has 1 aromatic carbocycles. The summed E-state index contributed by atoms with van der Waals surface area (Å²) in [7, 11) is -2.16. The van der Waals surface area contributed by atoms with Gasteiger partial charge in [0.25, 0.3) is 0 Å². The molecule has 0 radical (unpaired) electrons. The maximum Gasteiger partial charge on any atom is 0.239 e. The first kappa shape index (κ1) is 16.5. The second kappa shape index (κ2) is 6.61. The average Bonchev–Trinajstić information content (AvgIpc) is 3.03. The number of carbonyl (C=O) groups is 1. The third-order valence-electron chi connectivity index (χ3n) is 5.12. The summed E-state index contributed by atoms with van der Waals surface area (Å²) >= 11 is 0. The van der Waals surface area contributed by atoms with E-state index in [4.69, 9.17) is 0 Å². The molecule has 0 saturated carbocycles. The van der Waals surface area contributed by atoms with Gasteiger partial charge in [0.1, 0.15) is 5.75 Å². The molecule has 5 nitrogen and oxygen atoms in total. The molecule has 2 aliphatic rings. The lowest BCUT2D eigenvalue weighted by molar-refractivity contribution is -0.129. The monoisotopic (exact) mass is 336 g/mol. The van der Waals surface area contributed by atoms with Crippen LogP contribution in [0.2, 0.25) is 0 Å². The lowest BCUT2D eigenvalue weighted by atomic mass is 9.78. The number of sulfonamides is 1. The number of hydrogen-bond acceptors (Lipinski definition) is 3. The lowest BCUT2D eigenvalue weighted by Crippen LogP contribution is -2.44. The molecular weight excluding hydrogens is 312 g/mol. The zero-order valence-corrected chi connectivity index (χ0v) is 14.3. The molecule has 3 rings (SSSR count). The number of carbonyl (C=O) groups excluding carboxylic acids is 1. The van der Waals surface area contributed by atoms with E-state index in [1.165, 1.54) is 18.2 Å². The first-order valence-electron chi connectivity index (χ1n) is 8.30. The van der Waals surface area contributed by atoms with E-state index in [1.54, 1.807) is 0 Å². The Hall–Kier alpha value is -1.40. The topological polar surface area (TPSA) is 66.5 Å². The summed E-state index contributed by atoms with van der Waals surface area (Å²) in [4.78, 5) is 14.3. The summed E-state index contributed by atoms with van der Waals surface area (Å²) < 4.78 is 25.6. The van der Waals surface area contributed by atoms with Gasteiger partial charge in [-0.3, -0.25) is 4.79 Å². The van der Waals surface area contributed by atoms with Crippen molar-refractivity contribution in [3.63, 3.8) is 0 Å². The number of fused-ring (bicyclic) bond motifs is 1.